The number of ether oxygens (including phenoxy) is 1. The van der Waals surface area contributed by atoms with Gasteiger partial charge in [-0.3, -0.25) is 9.13 Å². The summed E-state index contributed by atoms with van der Waals surface area (Å²) in [4.78, 5) is 25.0. The van der Waals surface area contributed by atoms with Crippen LogP contribution in [0.5, 0.6) is 11.5 Å². The maximum absolute atomic E-state index is 12.7. The van der Waals surface area contributed by atoms with Crippen LogP contribution in [0.4, 0.5) is 16.2 Å². The fraction of sp³-hybridized carbons (Fsp3) is 0.130. The topological polar surface area (TPSA) is 77.3 Å². The highest BCUT2D eigenvalue weighted by atomic mass is 16.5. The van der Waals surface area contributed by atoms with Crippen molar-refractivity contribution in [1.82, 2.24) is 9.13 Å². The molecule has 0 aliphatic heterocycles. The van der Waals surface area contributed by atoms with E-state index in [-0.39, 0.29) is 5.69 Å². The van der Waals surface area contributed by atoms with E-state index in [4.69, 9.17) is 4.74 Å². The highest BCUT2D eigenvalue weighted by molar-refractivity contribution is 6.02. The Kier molecular flexibility index (Phi) is 5.02. The van der Waals surface area contributed by atoms with Crippen LogP contribution in [0.2, 0.25) is 0 Å². The van der Waals surface area contributed by atoms with Gasteiger partial charge in [-0.2, -0.15) is 0 Å². The average Bonchev–Trinajstić information content (AvgIpc) is 2.94. The summed E-state index contributed by atoms with van der Waals surface area (Å²) in [6, 6.07) is 19.9. The highest BCUT2D eigenvalue weighted by Gasteiger charge is 2.16. The fourth-order valence-corrected chi connectivity index (χ4v) is 3.31. The highest BCUT2D eigenvalue weighted by Crippen LogP contribution is 2.33. The van der Waals surface area contributed by atoms with Crippen LogP contribution in [-0.4, -0.2) is 15.2 Å². The molecule has 1 aromatic heterocycles. The molecule has 0 spiro atoms. The molecule has 1 heterocycles. The lowest BCUT2D eigenvalue weighted by Gasteiger charge is -2.14. The molecule has 0 bridgehead atoms. The SMILES string of the molecule is Cc1ccccc1NC(=O)Nc1cc2c(cc1Oc1ccccc1)n(C)c(=O)n2C. The minimum Gasteiger partial charge on any atom is -0.455 e. The predicted octanol–water partition coefficient (Wildman–Crippen LogP) is 4.62. The number of para-hydroxylation sites is 2. The third kappa shape index (κ3) is 3.65. The van der Waals surface area contributed by atoms with Gasteiger partial charge < -0.3 is 15.4 Å². The van der Waals surface area contributed by atoms with Crippen molar-refractivity contribution in [3.8, 4) is 11.5 Å². The molecule has 152 valence electrons. The maximum atomic E-state index is 12.7. The van der Waals surface area contributed by atoms with Crippen LogP contribution in [0.1, 0.15) is 5.56 Å². The van der Waals surface area contributed by atoms with E-state index in [1.165, 1.54) is 4.57 Å². The minimum atomic E-state index is -0.400. The van der Waals surface area contributed by atoms with Crippen LogP contribution < -0.4 is 21.1 Å². The first-order chi connectivity index (χ1) is 14.4. The van der Waals surface area contributed by atoms with Crippen LogP contribution in [0, 0.1) is 6.92 Å². The van der Waals surface area contributed by atoms with E-state index in [2.05, 4.69) is 10.6 Å². The van der Waals surface area contributed by atoms with Crippen molar-refractivity contribution in [1.29, 1.82) is 0 Å². The van der Waals surface area contributed by atoms with Crippen molar-refractivity contribution in [2.75, 3.05) is 10.6 Å². The number of anilines is 2. The van der Waals surface area contributed by atoms with E-state index >= 15 is 0 Å². The number of nitrogens with zero attached hydrogens (tertiary/aromatic N) is 2. The summed E-state index contributed by atoms with van der Waals surface area (Å²) in [6.07, 6.45) is 0. The largest absolute Gasteiger partial charge is 0.455 e. The maximum Gasteiger partial charge on any atom is 0.328 e. The molecule has 3 aromatic carbocycles. The number of benzene rings is 3. The van der Waals surface area contributed by atoms with Gasteiger partial charge in [-0.05, 0) is 36.8 Å². The predicted molar refractivity (Wildman–Crippen MR) is 118 cm³/mol. The molecular weight excluding hydrogens is 380 g/mol. The van der Waals surface area contributed by atoms with Gasteiger partial charge in [0.25, 0.3) is 0 Å². The molecule has 0 saturated carbocycles. The van der Waals surface area contributed by atoms with E-state index in [1.807, 2.05) is 61.5 Å². The number of fused-ring (bicyclic) bond motifs is 1. The van der Waals surface area contributed by atoms with Gasteiger partial charge in [0.05, 0.1) is 16.7 Å². The second-order valence-electron chi connectivity index (χ2n) is 7.05. The van der Waals surface area contributed by atoms with Crippen molar-refractivity contribution in [3.05, 3.63) is 82.8 Å². The summed E-state index contributed by atoms with van der Waals surface area (Å²) in [6.45, 7) is 1.92. The van der Waals surface area contributed by atoms with Crippen molar-refractivity contribution < 1.29 is 9.53 Å². The van der Waals surface area contributed by atoms with Gasteiger partial charge in [0.2, 0.25) is 0 Å². The standard InChI is InChI=1S/C23H22N4O3/c1-15-9-7-8-12-17(15)24-22(28)25-18-13-19-20(27(3)23(29)26(19)2)14-21(18)30-16-10-5-4-6-11-16/h4-14H,1-3H3,(H2,24,25,28). The average molecular weight is 402 g/mol. The van der Waals surface area contributed by atoms with E-state index in [9.17, 15) is 9.59 Å². The van der Waals surface area contributed by atoms with E-state index < -0.39 is 6.03 Å². The summed E-state index contributed by atoms with van der Waals surface area (Å²) in [5.41, 5.74) is 3.37. The molecule has 2 amide bonds. The van der Waals surface area contributed by atoms with Crippen molar-refractivity contribution in [2.24, 2.45) is 14.1 Å². The molecule has 0 aliphatic carbocycles. The van der Waals surface area contributed by atoms with Gasteiger partial charge in [0.1, 0.15) is 5.75 Å². The molecule has 0 unspecified atom stereocenters. The molecule has 7 heteroatoms. The number of aryl methyl sites for hydroxylation is 3. The monoisotopic (exact) mass is 402 g/mol. The molecule has 30 heavy (non-hydrogen) atoms. The first-order valence-electron chi connectivity index (χ1n) is 9.50. The van der Waals surface area contributed by atoms with Crippen LogP contribution in [0.25, 0.3) is 11.0 Å². The summed E-state index contributed by atoms with van der Waals surface area (Å²) >= 11 is 0. The number of carbonyl (C=O) groups is 1. The van der Waals surface area contributed by atoms with Gasteiger partial charge in [0.15, 0.2) is 5.75 Å². The molecule has 0 fully saturated rings. The Bertz CT molecular complexity index is 1290. The number of hydrogen-bond acceptors (Lipinski definition) is 3. The van der Waals surface area contributed by atoms with Crippen molar-refractivity contribution >= 4 is 28.4 Å². The molecule has 2 N–H and O–H groups in total. The van der Waals surface area contributed by atoms with Crippen molar-refractivity contribution in [2.45, 2.75) is 6.92 Å². The van der Waals surface area contributed by atoms with Crippen LogP contribution in [0.3, 0.4) is 0 Å². The number of nitrogens with one attached hydrogen (secondary N) is 2. The summed E-state index contributed by atoms with van der Waals surface area (Å²) in [5, 5.41) is 5.70. The zero-order valence-corrected chi connectivity index (χ0v) is 17.0. The number of rotatable bonds is 4. The molecule has 0 radical (unpaired) electrons. The van der Waals surface area contributed by atoms with Crippen molar-refractivity contribution in [3.63, 3.8) is 0 Å². The third-order valence-corrected chi connectivity index (χ3v) is 4.99. The van der Waals surface area contributed by atoms with Gasteiger partial charge in [-0.1, -0.05) is 36.4 Å². The molecule has 0 atom stereocenters. The lowest BCUT2D eigenvalue weighted by atomic mass is 10.2. The number of hydrogen-bond donors (Lipinski definition) is 2. The number of amides is 2. The first kappa shape index (κ1) is 19.3. The number of carbonyl (C=O) groups excluding carboxylic acids is 1. The Hall–Kier alpha value is -4.00. The Morgan fingerprint density at radius 3 is 2.13 bits per heavy atom. The molecule has 4 rings (SSSR count). The molecule has 0 saturated heterocycles. The van der Waals surface area contributed by atoms with E-state index in [0.29, 0.717) is 33.9 Å². The molecular formula is C23H22N4O3. The van der Waals surface area contributed by atoms with E-state index in [1.54, 1.807) is 30.8 Å². The second kappa shape index (κ2) is 7.79. The summed E-state index contributed by atoms with van der Waals surface area (Å²) in [7, 11) is 3.40. The molecule has 7 nitrogen and oxygen atoms in total. The van der Waals surface area contributed by atoms with Gasteiger partial charge in [-0.15, -0.1) is 0 Å². The Morgan fingerprint density at radius 2 is 1.43 bits per heavy atom. The van der Waals surface area contributed by atoms with Crippen LogP contribution >= 0.6 is 0 Å². The lowest BCUT2D eigenvalue weighted by Crippen LogP contribution is -2.20. The smallest absolute Gasteiger partial charge is 0.328 e. The van der Waals surface area contributed by atoms with Crippen LogP contribution in [0.15, 0.2) is 71.5 Å². The van der Waals surface area contributed by atoms with E-state index in [0.717, 1.165) is 5.56 Å². The van der Waals surface area contributed by atoms with Gasteiger partial charge in [0, 0.05) is 25.8 Å². The summed E-state index contributed by atoms with van der Waals surface area (Å²) < 4.78 is 9.11. The Morgan fingerprint density at radius 1 is 0.833 bits per heavy atom. The quantitative estimate of drug-likeness (QED) is 0.523. The minimum absolute atomic E-state index is 0.155. The fourth-order valence-electron chi connectivity index (χ4n) is 3.31. The Labute approximate surface area is 173 Å². The normalized spacial score (nSPS) is 10.8. The van der Waals surface area contributed by atoms with Crippen LogP contribution in [-0.2, 0) is 14.1 Å². The lowest BCUT2D eigenvalue weighted by molar-refractivity contribution is 0.262. The number of aromatic nitrogens is 2. The van der Waals surface area contributed by atoms with Gasteiger partial charge in [-0.25, -0.2) is 9.59 Å². The first-order valence-corrected chi connectivity index (χ1v) is 9.50. The molecule has 0 aliphatic rings. The second-order valence-corrected chi connectivity index (χ2v) is 7.05. The summed E-state index contributed by atoms with van der Waals surface area (Å²) in [5.74, 6) is 1.06. The third-order valence-electron chi connectivity index (χ3n) is 4.99. The van der Waals surface area contributed by atoms with Gasteiger partial charge >= 0.3 is 11.7 Å². The zero-order valence-electron chi connectivity index (χ0n) is 17.0. The Balaban J connectivity index is 1.73. The number of urea groups is 1. The molecule has 4 aromatic rings. The zero-order chi connectivity index (χ0) is 21.3. The number of imidazole rings is 1.